The standard InChI is InChI=1S/C33H49NO10S/c1-21-17-23-24-12-14-33(27(38)20-35,32(24,3)19-26(37)30(23)31(2)13-11-22(36)18-25(21)31)44-29(40)10-8-6-5-7-9-28(39)34(4)15-16-45(41,42)43/h11,13,18,21,23-24,26,30,35,37H,5-10,12,14-17,19-20H2,1-4H3,(H,41,42,43)/t21-,23-,24-,26-,30+,31-,32-,33-/m0/s1. The van der Waals surface area contributed by atoms with E-state index < -0.39 is 56.8 Å². The maximum atomic E-state index is 13.5. The van der Waals surface area contributed by atoms with Crippen molar-refractivity contribution in [3.8, 4) is 0 Å². The lowest BCUT2D eigenvalue weighted by molar-refractivity contribution is -0.201. The first kappa shape index (κ1) is 35.4. The number of amides is 1. The third-order valence-electron chi connectivity index (χ3n) is 11.5. The van der Waals surface area contributed by atoms with Crippen LogP contribution >= 0.6 is 0 Å². The highest BCUT2D eigenvalue weighted by Crippen LogP contribution is 2.68. The quantitative estimate of drug-likeness (QED) is 0.152. The van der Waals surface area contributed by atoms with Gasteiger partial charge in [0.1, 0.15) is 6.61 Å². The summed E-state index contributed by atoms with van der Waals surface area (Å²) in [5.41, 5.74) is -1.85. The van der Waals surface area contributed by atoms with Crippen molar-refractivity contribution in [2.45, 2.75) is 96.7 Å². The molecule has 0 spiro atoms. The molecule has 12 heteroatoms. The predicted molar refractivity (Wildman–Crippen MR) is 165 cm³/mol. The second-order valence-corrected chi connectivity index (χ2v) is 15.7. The summed E-state index contributed by atoms with van der Waals surface area (Å²) >= 11 is 0. The van der Waals surface area contributed by atoms with Crippen LogP contribution in [-0.4, -0.2) is 89.2 Å². The summed E-state index contributed by atoms with van der Waals surface area (Å²) in [4.78, 5) is 52.4. The summed E-state index contributed by atoms with van der Waals surface area (Å²) in [6, 6.07) is 0. The highest BCUT2D eigenvalue weighted by Gasteiger charge is 2.70. The van der Waals surface area contributed by atoms with Crippen molar-refractivity contribution >= 4 is 33.6 Å². The number of aliphatic hydroxyl groups excluding tert-OH is 2. The Morgan fingerprint density at radius 2 is 1.78 bits per heavy atom. The molecule has 252 valence electrons. The average Bonchev–Trinajstić information content (AvgIpc) is 3.25. The second-order valence-electron chi connectivity index (χ2n) is 14.2. The topological polar surface area (TPSA) is 176 Å². The molecule has 4 aliphatic rings. The van der Waals surface area contributed by atoms with Crippen molar-refractivity contribution in [3.05, 3.63) is 23.8 Å². The van der Waals surface area contributed by atoms with E-state index >= 15 is 0 Å². The average molecular weight is 652 g/mol. The Labute approximate surface area is 266 Å². The Kier molecular flexibility index (Phi) is 10.5. The predicted octanol–water partition coefficient (Wildman–Crippen LogP) is 3.04. The van der Waals surface area contributed by atoms with Gasteiger partial charge in [0.2, 0.25) is 11.7 Å². The van der Waals surface area contributed by atoms with Crippen molar-refractivity contribution in [2.24, 2.45) is 34.5 Å². The molecular weight excluding hydrogens is 602 g/mol. The lowest BCUT2D eigenvalue weighted by atomic mass is 9.44. The summed E-state index contributed by atoms with van der Waals surface area (Å²) in [6.07, 6.45) is 8.95. The maximum absolute atomic E-state index is 13.5. The van der Waals surface area contributed by atoms with Crippen LogP contribution in [0.25, 0.3) is 0 Å². The molecule has 0 saturated heterocycles. The van der Waals surface area contributed by atoms with E-state index in [1.165, 1.54) is 11.9 Å². The van der Waals surface area contributed by atoms with Gasteiger partial charge in [0.05, 0.1) is 11.9 Å². The van der Waals surface area contributed by atoms with E-state index in [0.29, 0.717) is 32.1 Å². The Hall–Kier alpha value is -2.41. The minimum absolute atomic E-state index is 0.0193. The van der Waals surface area contributed by atoms with Gasteiger partial charge < -0.3 is 19.8 Å². The van der Waals surface area contributed by atoms with Gasteiger partial charge in [-0.05, 0) is 68.4 Å². The first-order chi connectivity index (χ1) is 21.0. The normalized spacial score (nSPS) is 35.6. The first-order valence-corrected chi connectivity index (χ1v) is 17.8. The van der Waals surface area contributed by atoms with Crippen molar-refractivity contribution in [3.63, 3.8) is 0 Å². The fraction of sp³-hybridized carbons (Fsp3) is 0.758. The fourth-order valence-corrected chi connectivity index (χ4v) is 9.76. The van der Waals surface area contributed by atoms with Gasteiger partial charge in [-0.3, -0.25) is 23.7 Å². The number of nitrogens with zero attached hydrogens (tertiary/aromatic N) is 1. The van der Waals surface area contributed by atoms with Crippen LogP contribution in [0.1, 0.15) is 85.0 Å². The number of ether oxygens (including phenoxy) is 1. The molecule has 4 rings (SSSR count). The zero-order valence-electron chi connectivity index (χ0n) is 26.9. The lowest BCUT2D eigenvalue weighted by Crippen LogP contribution is -2.63. The minimum Gasteiger partial charge on any atom is -0.450 e. The van der Waals surface area contributed by atoms with Gasteiger partial charge >= 0.3 is 5.97 Å². The van der Waals surface area contributed by atoms with Crippen LogP contribution in [0.5, 0.6) is 0 Å². The number of esters is 1. The highest BCUT2D eigenvalue weighted by molar-refractivity contribution is 7.85. The first-order valence-electron chi connectivity index (χ1n) is 16.2. The van der Waals surface area contributed by atoms with Gasteiger partial charge in [-0.2, -0.15) is 8.42 Å². The zero-order valence-corrected chi connectivity index (χ0v) is 27.7. The maximum Gasteiger partial charge on any atom is 0.306 e. The van der Waals surface area contributed by atoms with Crippen LogP contribution in [0, 0.1) is 34.5 Å². The number of allylic oxidation sites excluding steroid dienone is 4. The van der Waals surface area contributed by atoms with Crippen LogP contribution < -0.4 is 0 Å². The van der Waals surface area contributed by atoms with Crippen LogP contribution in [-0.2, 0) is 34.0 Å². The van der Waals surface area contributed by atoms with Crippen molar-refractivity contribution in [1.29, 1.82) is 0 Å². The SMILES string of the molecule is C[C@H]1C[C@@H]2[C@H]([C@@H](O)C[C@@]3(C)[C@H]2CC[C@]3(OC(=O)CCCCCCC(=O)N(C)CCS(=O)(=O)O)C(=O)CO)[C@@]2(C)C=CC(=O)C=C12. The number of carbonyl (C=O) groups is 4. The molecule has 0 aromatic rings. The van der Waals surface area contributed by atoms with Gasteiger partial charge in [0, 0.05) is 43.2 Å². The molecule has 0 heterocycles. The van der Waals surface area contributed by atoms with Crippen molar-refractivity contribution in [1.82, 2.24) is 4.90 Å². The molecule has 8 atom stereocenters. The molecule has 0 aromatic heterocycles. The fourth-order valence-electron chi connectivity index (χ4n) is 9.26. The van der Waals surface area contributed by atoms with Crippen LogP contribution in [0.15, 0.2) is 23.8 Å². The Balaban J connectivity index is 1.38. The molecule has 1 amide bonds. The number of unbranched alkanes of at least 4 members (excludes halogenated alkanes) is 3. The number of carbonyl (C=O) groups excluding carboxylic acids is 4. The van der Waals surface area contributed by atoms with E-state index in [-0.39, 0.29) is 67.6 Å². The molecule has 3 saturated carbocycles. The van der Waals surface area contributed by atoms with E-state index in [2.05, 4.69) is 13.8 Å². The number of aliphatic hydroxyl groups is 2. The van der Waals surface area contributed by atoms with Crippen LogP contribution in [0.4, 0.5) is 0 Å². The van der Waals surface area contributed by atoms with E-state index in [4.69, 9.17) is 9.29 Å². The molecule has 45 heavy (non-hydrogen) atoms. The molecule has 0 unspecified atom stereocenters. The summed E-state index contributed by atoms with van der Waals surface area (Å²) in [5, 5.41) is 21.8. The summed E-state index contributed by atoms with van der Waals surface area (Å²) in [5.74, 6) is -1.88. The smallest absolute Gasteiger partial charge is 0.306 e. The number of ketones is 2. The molecule has 0 radical (unpaired) electrons. The zero-order chi connectivity index (χ0) is 33.4. The van der Waals surface area contributed by atoms with Crippen LogP contribution in [0.2, 0.25) is 0 Å². The second kappa shape index (κ2) is 13.4. The van der Waals surface area contributed by atoms with Crippen molar-refractivity contribution < 1.29 is 47.1 Å². The van der Waals surface area contributed by atoms with Gasteiger partial charge in [-0.1, -0.05) is 45.3 Å². The molecule has 0 aromatic carbocycles. The largest absolute Gasteiger partial charge is 0.450 e. The van der Waals surface area contributed by atoms with Gasteiger partial charge in [-0.15, -0.1) is 0 Å². The Morgan fingerprint density at radius 3 is 2.42 bits per heavy atom. The highest BCUT2D eigenvalue weighted by atomic mass is 32.2. The summed E-state index contributed by atoms with van der Waals surface area (Å²) in [7, 11) is -2.67. The Bertz CT molecular complexity index is 1360. The Morgan fingerprint density at radius 1 is 1.11 bits per heavy atom. The lowest BCUT2D eigenvalue weighted by Gasteiger charge is -2.61. The molecule has 4 aliphatic carbocycles. The van der Waals surface area contributed by atoms with Gasteiger partial charge in [0.15, 0.2) is 11.4 Å². The number of hydrogen-bond donors (Lipinski definition) is 3. The monoisotopic (exact) mass is 651 g/mol. The number of Topliss-reactive ketones (excluding diaryl/α,β-unsaturated/α-hetero) is 1. The van der Waals surface area contributed by atoms with Gasteiger partial charge in [0.25, 0.3) is 10.1 Å². The molecule has 11 nitrogen and oxygen atoms in total. The van der Waals surface area contributed by atoms with Crippen molar-refractivity contribution in [2.75, 3.05) is 26.0 Å². The third kappa shape index (κ3) is 6.84. The molecule has 0 bridgehead atoms. The molecular formula is C33H49NO10S. The van der Waals surface area contributed by atoms with Crippen LogP contribution in [0.3, 0.4) is 0 Å². The molecule has 3 fully saturated rings. The van der Waals surface area contributed by atoms with Gasteiger partial charge in [-0.25, -0.2) is 0 Å². The molecule has 3 N–H and O–H groups in total. The van der Waals surface area contributed by atoms with E-state index in [1.54, 1.807) is 12.2 Å². The minimum atomic E-state index is -4.14. The van der Waals surface area contributed by atoms with E-state index in [1.807, 2.05) is 13.0 Å². The summed E-state index contributed by atoms with van der Waals surface area (Å²) < 4.78 is 36.7. The summed E-state index contributed by atoms with van der Waals surface area (Å²) in [6.45, 7) is 5.25. The van der Waals surface area contributed by atoms with E-state index in [9.17, 15) is 37.8 Å². The van der Waals surface area contributed by atoms with E-state index in [0.717, 1.165) is 12.0 Å². The number of hydrogen-bond acceptors (Lipinski definition) is 9. The third-order valence-corrected chi connectivity index (χ3v) is 12.1. The number of fused-ring (bicyclic) bond motifs is 5. The number of rotatable bonds is 13. The molecule has 0 aliphatic heterocycles.